The number of nitrogens with one attached hydrogen (secondary N) is 1. The first-order valence-corrected chi connectivity index (χ1v) is 12.8. The molecule has 0 fully saturated rings. The molecule has 0 saturated carbocycles. The van der Waals surface area contributed by atoms with E-state index in [2.05, 4.69) is 11.9 Å². The third-order valence-electron chi connectivity index (χ3n) is 6.38. The number of hydrogen-bond acceptors (Lipinski definition) is 6. The Balaban J connectivity index is 1.80. The molecule has 0 atom stereocenters. The summed E-state index contributed by atoms with van der Waals surface area (Å²) in [6.07, 6.45) is 11.1. The van der Waals surface area contributed by atoms with Gasteiger partial charge in [-0.15, -0.1) is 0 Å². The molecule has 1 aromatic carbocycles. The van der Waals surface area contributed by atoms with Gasteiger partial charge in [0.15, 0.2) is 17.1 Å². The van der Waals surface area contributed by atoms with Crippen molar-refractivity contribution in [3.05, 3.63) is 39.6 Å². The fraction of sp³-hybridized carbons (Fsp3) is 0.593. The van der Waals surface area contributed by atoms with Gasteiger partial charge >= 0.3 is 0 Å². The molecule has 3 rings (SSSR count). The van der Waals surface area contributed by atoms with Crippen LogP contribution in [0.3, 0.4) is 0 Å². The van der Waals surface area contributed by atoms with E-state index in [4.69, 9.17) is 24.3 Å². The van der Waals surface area contributed by atoms with Crippen molar-refractivity contribution in [1.82, 2.24) is 19.7 Å². The molecule has 0 saturated heterocycles. The van der Waals surface area contributed by atoms with Crippen LogP contribution in [-0.2, 0) is 19.4 Å². The number of aromatic amines is 1. The zero-order valence-electron chi connectivity index (χ0n) is 21.9. The highest BCUT2D eigenvalue weighted by molar-refractivity contribution is 5.77. The Hall–Kier alpha value is -3.03. The Morgan fingerprint density at radius 1 is 0.886 bits per heavy atom. The highest BCUT2D eigenvalue weighted by Gasteiger charge is 2.18. The number of H-pyrrole nitrogens is 1. The first kappa shape index (κ1) is 26.6. The zero-order chi connectivity index (χ0) is 25.2. The number of unbranched alkanes of at least 4 members (excludes halogenated alkanes) is 7. The molecule has 0 spiro atoms. The molecule has 2 heterocycles. The second kappa shape index (κ2) is 13.2. The molecule has 0 aliphatic heterocycles. The van der Waals surface area contributed by atoms with Crippen molar-refractivity contribution in [3.63, 3.8) is 0 Å². The minimum absolute atomic E-state index is 0.142. The van der Waals surface area contributed by atoms with Gasteiger partial charge in [0.2, 0.25) is 5.75 Å². The lowest BCUT2D eigenvalue weighted by atomic mass is 10.1. The molecule has 0 bridgehead atoms. The third kappa shape index (κ3) is 6.55. The monoisotopic (exact) mass is 484 g/mol. The van der Waals surface area contributed by atoms with Gasteiger partial charge in [0.25, 0.3) is 5.56 Å². The van der Waals surface area contributed by atoms with Crippen molar-refractivity contribution in [2.45, 2.75) is 84.6 Å². The molecule has 0 aliphatic rings. The van der Waals surface area contributed by atoms with Crippen LogP contribution in [0.1, 0.15) is 82.3 Å². The maximum absolute atomic E-state index is 13.0. The number of rotatable bonds is 15. The van der Waals surface area contributed by atoms with Gasteiger partial charge in [0.05, 0.1) is 27.0 Å². The number of fused-ring (bicyclic) bond motifs is 1. The molecule has 2 aromatic heterocycles. The standard InChI is InChI=1S/C27H40N4O4/c1-6-8-9-10-11-12-13-14-15-31-26-24(20(7-2)30-31)27(32)29-23(28-26)18-19-16-21(33-3)25(35-5)22(17-19)34-4/h16-17H,6-15,18H2,1-5H3,(H,28,29,32). The first-order valence-electron chi connectivity index (χ1n) is 12.8. The van der Waals surface area contributed by atoms with Crippen molar-refractivity contribution in [2.24, 2.45) is 0 Å². The van der Waals surface area contributed by atoms with Crippen LogP contribution < -0.4 is 19.8 Å². The smallest absolute Gasteiger partial charge is 0.262 e. The van der Waals surface area contributed by atoms with E-state index in [0.717, 1.165) is 30.6 Å². The van der Waals surface area contributed by atoms with E-state index in [0.29, 0.717) is 46.9 Å². The maximum Gasteiger partial charge on any atom is 0.262 e. The number of aromatic nitrogens is 4. The van der Waals surface area contributed by atoms with E-state index >= 15 is 0 Å². The van der Waals surface area contributed by atoms with Gasteiger partial charge in [-0.1, -0.05) is 58.8 Å². The van der Waals surface area contributed by atoms with Gasteiger partial charge in [-0.25, -0.2) is 9.67 Å². The fourth-order valence-electron chi connectivity index (χ4n) is 4.51. The molecule has 1 N–H and O–H groups in total. The first-order chi connectivity index (χ1) is 17.1. The predicted octanol–water partition coefficient (Wildman–Crippen LogP) is 5.44. The Morgan fingerprint density at radius 2 is 1.51 bits per heavy atom. The molecular formula is C27H40N4O4. The molecule has 0 amide bonds. The van der Waals surface area contributed by atoms with E-state index < -0.39 is 0 Å². The summed E-state index contributed by atoms with van der Waals surface area (Å²) in [7, 11) is 4.75. The summed E-state index contributed by atoms with van der Waals surface area (Å²) in [6.45, 7) is 5.03. The second-order valence-electron chi connectivity index (χ2n) is 8.92. The van der Waals surface area contributed by atoms with Gasteiger partial charge < -0.3 is 19.2 Å². The largest absolute Gasteiger partial charge is 0.493 e. The van der Waals surface area contributed by atoms with Crippen molar-refractivity contribution < 1.29 is 14.2 Å². The molecule has 35 heavy (non-hydrogen) atoms. The third-order valence-corrected chi connectivity index (χ3v) is 6.38. The Labute approximate surface area is 208 Å². The summed E-state index contributed by atoms with van der Waals surface area (Å²) in [4.78, 5) is 20.8. The average Bonchev–Trinajstić information content (AvgIpc) is 3.23. The van der Waals surface area contributed by atoms with Crippen LogP contribution in [0.5, 0.6) is 17.2 Å². The van der Waals surface area contributed by atoms with Crippen LogP contribution in [0.4, 0.5) is 0 Å². The summed E-state index contributed by atoms with van der Waals surface area (Å²) >= 11 is 0. The summed E-state index contributed by atoms with van der Waals surface area (Å²) in [6, 6.07) is 3.75. The topological polar surface area (TPSA) is 91.3 Å². The summed E-state index contributed by atoms with van der Waals surface area (Å²) in [5.41, 5.74) is 2.21. The second-order valence-corrected chi connectivity index (χ2v) is 8.92. The van der Waals surface area contributed by atoms with Crippen LogP contribution in [0.15, 0.2) is 16.9 Å². The molecule has 3 aromatic rings. The quantitative estimate of drug-likeness (QED) is 0.289. The Morgan fingerprint density at radius 3 is 2.09 bits per heavy atom. The van der Waals surface area contributed by atoms with E-state index in [1.807, 2.05) is 23.7 Å². The van der Waals surface area contributed by atoms with E-state index in [-0.39, 0.29) is 5.56 Å². The van der Waals surface area contributed by atoms with Crippen molar-refractivity contribution in [3.8, 4) is 17.2 Å². The summed E-state index contributed by atoms with van der Waals surface area (Å²) in [5, 5.41) is 5.33. The lowest BCUT2D eigenvalue weighted by Crippen LogP contribution is -2.14. The van der Waals surface area contributed by atoms with Gasteiger partial charge in [0.1, 0.15) is 11.2 Å². The summed E-state index contributed by atoms with van der Waals surface area (Å²) < 4.78 is 18.3. The Bertz CT molecular complexity index is 1130. The number of hydrogen-bond donors (Lipinski definition) is 1. The normalized spacial score (nSPS) is 11.2. The number of methoxy groups -OCH3 is 3. The lowest BCUT2D eigenvalue weighted by Gasteiger charge is -2.14. The van der Waals surface area contributed by atoms with Crippen molar-refractivity contribution in [1.29, 1.82) is 0 Å². The van der Waals surface area contributed by atoms with Gasteiger partial charge in [-0.3, -0.25) is 4.79 Å². The SMILES string of the molecule is CCCCCCCCCCn1nc(CC)c2c(=O)[nH]c(Cc3cc(OC)c(OC)c(OC)c3)nc21. The van der Waals surface area contributed by atoms with Crippen LogP contribution in [0.25, 0.3) is 11.0 Å². The summed E-state index contributed by atoms with van der Waals surface area (Å²) in [5.74, 6) is 2.25. The average molecular weight is 485 g/mol. The highest BCUT2D eigenvalue weighted by Crippen LogP contribution is 2.38. The number of aryl methyl sites for hydroxylation is 2. The van der Waals surface area contributed by atoms with Crippen molar-refractivity contribution >= 4 is 11.0 Å². The van der Waals surface area contributed by atoms with Gasteiger partial charge in [-0.2, -0.15) is 5.10 Å². The molecule has 0 unspecified atom stereocenters. The minimum Gasteiger partial charge on any atom is -0.493 e. The molecule has 8 nitrogen and oxygen atoms in total. The Kier molecular flexibility index (Phi) is 9.99. The minimum atomic E-state index is -0.142. The molecule has 0 radical (unpaired) electrons. The molecule has 0 aliphatic carbocycles. The number of ether oxygens (including phenoxy) is 3. The van der Waals surface area contributed by atoms with Gasteiger partial charge in [-0.05, 0) is 30.5 Å². The highest BCUT2D eigenvalue weighted by atomic mass is 16.5. The zero-order valence-corrected chi connectivity index (χ0v) is 21.9. The maximum atomic E-state index is 13.0. The fourth-order valence-corrected chi connectivity index (χ4v) is 4.51. The van der Waals surface area contributed by atoms with Gasteiger partial charge in [0, 0.05) is 13.0 Å². The van der Waals surface area contributed by atoms with E-state index in [1.165, 1.54) is 38.5 Å². The molecule has 192 valence electrons. The van der Waals surface area contributed by atoms with Crippen molar-refractivity contribution in [2.75, 3.05) is 21.3 Å². The lowest BCUT2D eigenvalue weighted by molar-refractivity contribution is 0.324. The van der Waals surface area contributed by atoms with E-state index in [9.17, 15) is 4.79 Å². The number of nitrogens with zero attached hydrogens (tertiary/aromatic N) is 3. The number of benzene rings is 1. The molecular weight excluding hydrogens is 444 g/mol. The molecule has 8 heteroatoms. The van der Waals surface area contributed by atoms with E-state index in [1.54, 1.807) is 21.3 Å². The van der Waals surface area contributed by atoms with Crippen LogP contribution in [-0.4, -0.2) is 41.1 Å². The van der Waals surface area contributed by atoms with Crippen LogP contribution in [0.2, 0.25) is 0 Å². The van der Waals surface area contributed by atoms with Crippen LogP contribution >= 0.6 is 0 Å². The van der Waals surface area contributed by atoms with Crippen LogP contribution in [0, 0.1) is 0 Å². The predicted molar refractivity (Wildman–Crippen MR) is 139 cm³/mol.